The summed E-state index contributed by atoms with van der Waals surface area (Å²) in [5.41, 5.74) is 2.31. The fraction of sp³-hybridized carbons (Fsp3) is 0.429. The van der Waals surface area contributed by atoms with Crippen LogP contribution in [0.5, 0.6) is 0 Å². The number of piperazine rings is 1. The van der Waals surface area contributed by atoms with Gasteiger partial charge < -0.3 is 20.6 Å². The van der Waals surface area contributed by atoms with Crippen molar-refractivity contribution in [1.29, 1.82) is 0 Å². The maximum Gasteiger partial charge on any atom is 0.336 e. The van der Waals surface area contributed by atoms with Crippen LogP contribution >= 0.6 is 0 Å². The first-order chi connectivity index (χ1) is 9.49. The molecular weight excluding hydrogens is 258 g/mol. The van der Waals surface area contributed by atoms with Crippen molar-refractivity contribution in [2.45, 2.75) is 13.8 Å². The minimum absolute atomic E-state index is 0.189. The lowest BCUT2D eigenvalue weighted by molar-refractivity contribution is 0.0696. The zero-order valence-electron chi connectivity index (χ0n) is 11.7. The van der Waals surface area contributed by atoms with E-state index in [-0.39, 0.29) is 11.6 Å². The number of carboxylic acids is 1. The molecule has 2 rings (SSSR count). The minimum atomic E-state index is -0.983. The Morgan fingerprint density at radius 2 is 1.90 bits per heavy atom. The third kappa shape index (κ3) is 3.08. The van der Waals surface area contributed by atoms with Gasteiger partial charge >= 0.3 is 12.0 Å². The van der Waals surface area contributed by atoms with Gasteiger partial charge in [0.1, 0.15) is 0 Å². The Morgan fingerprint density at radius 3 is 2.50 bits per heavy atom. The predicted octanol–water partition coefficient (Wildman–Crippen LogP) is 1.44. The number of benzene rings is 1. The van der Waals surface area contributed by atoms with Gasteiger partial charge in [-0.05, 0) is 37.1 Å². The molecule has 0 atom stereocenters. The summed E-state index contributed by atoms with van der Waals surface area (Å²) >= 11 is 0. The molecule has 6 nitrogen and oxygen atoms in total. The smallest absolute Gasteiger partial charge is 0.336 e. The number of carboxylic acid groups (broad SMARTS) is 1. The van der Waals surface area contributed by atoms with Gasteiger partial charge in [0.2, 0.25) is 0 Å². The van der Waals surface area contributed by atoms with E-state index in [1.807, 2.05) is 6.92 Å². The van der Waals surface area contributed by atoms with Crippen molar-refractivity contribution in [1.82, 2.24) is 10.2 Å². The number of aromatic carboxylic acids is 1. The Kier molecular flexibility index (Phi) is 4.24. The molecule has 0 aromatic heterocycles. The van der Waals surface area contributed by atoms with Crippen molar-refractivity contribution < 1.29 is 14.7 Å². The standard InChI is InChI=1S/C14H19N3O3/c1-9-7-11(8-12(10(9)2)13(18)19)16-14(20)17-5-3-15-4-6-17/h7-8,15H,3-6H2,1-2H3,(H,16,20)(H,18,19). The molecule has 0 aliphatic carbocycles. The third-order valence-electron chi connectivity index (χ3n) is 3.55. The first-order valence-electron chi connectivity index (χ1n) is 6.60. The molecule has 2 amide bonds. The molecule has 108 valence electrons. The molecule has 0 bridgehead atoms. The summed E-state index contributed by atoms with van der Waals surface area (Å²) in [6.45, 7) is 6.47. The van der Waals surface area contributed by atoms with Gasteiger partial charge in [-0.3, -0.25) is 0 Å². The van der Waals surface area contributed by atoms with Gasteiger partial charge in [0, 0.05) is 31.9 Å². The quantitative estimate of drug-likeness (QED) is 0.764. The number of amides is 2. The van der Waals surface area contributed by atoms with E-state index in [1.54, 1.807) is 17.9 Å². The molecule has 0 spiro atoms. The second kappa shape index (κ2) is 5.92. The summed E-state index contributed by atoms with van der Waals surface area (Å²) in [5, 5.41) is 15.1. The Bertz CT molecular complexity index is 537. The van der Waals surface area contributed by atoms with Crippen LogP contribution in [0.4, 0.5) is 10.5 Å². The number of carbonyl (C=O) groups is 2. The molecule has 0 radical (unpaired) electrons. The van der Waals surface area contributed by atoms with Crippen molar-refractivity contribution >= 4 is 17.7 Å². The first-order valence-corrected chi connectivity index (χ1v) is 6.60. The van der Waals surface area contributed by atoms with Gasteiger partial charge in [0.15, 0.2) is 0 Å². The highest BCUT2D eigenvalue weighted by Gasteiger charge is 2.17. The molecule has 3 N–H and O–H groups in total. The molecule has 1 fully saturated rings. The van der Waals surface area contributed by atoms with Crippen LogP contribution in [0.2, 0.25) is 0 Å². The first kappa shape index (κ1) is 14.3. The zero-order valence-corrected chi connectivity index (χ0v) is 11.7. The van der Waals surface area contributed by atoms with Crippen LogP contribution in [0, 0.1) is 13.8 Å². The lowest BCUT2D eigenvalue weighted by Crippen LogP contribution is -2.48. The number of rotatable bonds is 2. The molecular formula is C14H19N3O3. The molecule has 6 heteroatoms. The van der Waals surface area contributed by atoms with Gasteiger partial charge in [-0.2, -0.15) is 0 Å². The van der Waals surface area contributed by atoms with Crippen molar-refractivity contribution in [2.75, 3.05) is 31.5 Å². The third-order valence-corrected chi connectivity index (χ3v) is 3.55. The summed E-state index contributed by atoms with van der Waals surface area (Å²) in [6, 6.07) is 3.11. The number of carbonyl (C=O) groups excluding carboxylic acids is 1. The maximum atomic E-state index is 12.1. The maximum absolute atomic E-state index is 12.1. The van der Waals surface area contributed by atoms with Crippen LogP contribution in [0.1, 0.15) is 21.5 Å². The van der Waals surface area contributed by atoms with Crippen molar-refractivity contribution in [3.8, 4) is 0 Å². The lowest BCUT2D eigenvalue weighted by Gasteiger charge is -2.27. The van der Waals surface area contributed by atoms with E-state index in [1.165, 1.54) is 6.07 Å². The van der Waals surface area contributed by atoms with E-state index < -0.39 is 5.97 Å². The number of aryl methyl sites for hydroxylation is 1. The van der Waals surface area contributed by atoms with Crippen molar-refractivity contribution in [2.24, 2.45) is 0 Å². The summed E-state index contributed by atoms with van der Waals surface area (Å²) in [5.74, 6) is -0.983. The summed E-state index contributed by atoms with van der Waals surface area (Å²) < 4.78 is 0. The predicted molar refractivity (Wildman–Crippen MR) is 76.3 cm³/mol. The number of hydrogen-bond donors (Lipinski definition) is 3. The van der Waals surface area contributed by atoms with Crippen LogP contribution < -0.4 is 10.6 Å². The van der Waals surface area contributed by atoms with Crippen molar-refractivity contribution in [3.05, 3.63) is 28.8 Å². The molecule has 20 heavy (non-hydrogen) atoms. The van der Waals surface area contributed by atoms with E-state index >= 15 is 0 Å². The van der Waals surface area contributed by atoms with Crippen LogP contribution in [-0.2, 0) is 0 Å². The lowest BCUT2D eigenvalue weighted by atomic mass is 10.0. The van der Waals surface area contributed by atoms with Crippen LogP contribution in [0.3, 0.4) is 0 Å². The van der Waals surface area contributed by atoms with Gasteiger partial charge in [-0.25, -0.2) is 9.59 Å². The number of nitrogens with zero attached hydrogens (tertiary/aromatic N) is 1. The Hall–Kier alpha value is -2.08. The fourth-order valence-corrected chi connectivity index (χ4v) is 2.22. The molecule has 0 saturated carbocycles. The van der Waals surface area contributed by atoms with Gasteiger partial charge in [0.05, 0.1) is 5.56 Å². The summed E-state index contributed by atoms with van der Waals surface area (Å²) in [4.78, 5) is 25.0. The highest BCUT2D eigenvalue weighted by atomic mass is 16.4. The van der Waals surface area contributed by atoms with Gasteiger partial charge in [-0.15, -0.1) is 0 Å². The molecule has 1 aliphatic rings. The van der Waals surface area contributed by atoms with Crippen LogP contribution in [0.15, 0.2) is 12.1 Å². The summed E-state index contributed by atoms with van der Waals surface area (Å²) in [6.07, 6.45) is 0. The van der Waals surface area contributed by atoms with Crippen LogP contribution in [0.25, 0.3) is 0 Å². The molecule has 1 saturated heterocycles. The second-order valence-electron chi connectivity index (χ2n) is 4.94. The minimum Gasteiger partial charge on any atom is -0.478 e. The average molecular weight is 277 g/mol. The fourth-order valence-electron chi connectivity index (χ4n) is 2.22. The van der Waals surface area contributed by atoms with E-state index in [0.29, 0.717) is 18.8 Å². The van der Waals surface area contributed by atoms with E-state index in [4.69, 9.17) is 5.11 Å². The van der Waals surface area contributed by atoms with Crippen LogP contribution in [-0.4, -0.2) is 48.2 Å². The number of nitrogens with one attached hydrogen (secondary N) is 2. The van der Waals surface area contributed by atoms with E-state index in [9.17, 15) is 9.59 Å². The molecule has 1 heterocycles. The molecule has 1 aromatic carbocycles. The Morgan fingerprint density at radius 1 is 1.25 bits per heavy atom. The Labute approximate surface area is 117 Å². The summed E-state index contributed by atoms with van der Waals surface area (Å²) in [7, 11) is 0. The topological polar surface area (TPSA) is 81.7 Å². The highest BCUT2D eigenvalue weighted by molar-refractivity contribution is 5.94. The largest absolute Gasteiger partial charge is 0.478 e. The molecule has 1 aliphatic heterocycles. The van der Waals surface area contributed by atoms with Gasteiger partial charge in [0.25, 0.3) is 0 Å². The Balaban J connectivity index is 2.16. The van der Waals surface area contributed by atoms with Crippen molar-refractivity contribution in [3.63, 3.8) is 0 Å². The van der Waals surface area contributed by atoms with Gasteiger partial charge in [-0.1, -0.05) is 0 Å². The van der Waals surface area contributed by atoms with E-state index in [2.05, 4.69) is 10.6 Å². The number of urea groups is 1. The highest BCUT2D eigenvalue weighted by Crippen LogP contribution is 2.20. The number of hydrogen-bond acceptors (Lipinski definition) is 3. The molecule has 0 unspecified atom stereocenters. The normalized spacial score (nSPS) is 15.0. The second-order valence-corrected chi connectivity index (χ2v) is 4.94. The monoisotopic (exact) mass is 277 g/mol. The van der Waals surface area contributed by atoms with E-state index in [0.717, 1.165) is 24.2 Å². The zero-order chi connectivity index (χ0) is 14.7. The number of anilines is 1. The SMILES string of the molecule is Cc1cc(NC(=O)N2CCNCC2)cc(C(=O)O)c1C. The average Bonchev–Trinajstić information content (AvgIpc) is 2.43. The molecule has 1 aromatic rings.